The van der Waals surface area contributed by atoms with E-state index in [0.717, 1.165) is 12.2 Å². The van der Waals surface area contributed by atoms with Crippen molar-refractivity contribution < 1.29 is 14.3 Å². The SMILES string of the molecule is CCOC(=O)/C=C/COc1ccccc1C(C)CC. The monoisotopic (exact) mass is 262 g/mol. The fourth-order valence-electron chi connectivity index (χ4n) is 1.71. The van der Waals surface area contributed by atoms with Crippen LogP contribution in [0.4, 0.5) is 0 Å². The van der Waals surface area contributed by atoms with E-state index in [0.29, 0.717) is 19.1 Å². The van der Waals surface area contributed by atoms with Crippen molar-refractivity contribution in [2.45, 2.75) is 33.1 Å². The Morgan fingerprint density at radius 3 is 2.74 bits per heavy atom. The van der Waals surface area contributed by atoms with E-state index in [4.69, 9.17) is 9.47 Å². The average molecular weight is 262 g/mol. The number of carbonyl (C=O) groups excluding carboxylic acids is 1. The number of ether oxygens (including phenoxy) is 2. The van der Waals surface area contributed by atoms with Crippen molar-refractivity contribution in [3.05, 3.63) is 42.0 Å². The zero-order valence-electron chi connectivity index (χ0n) is 11.9. The molecule has 0 bridgehead atoms. The molecule has 3 nitrogen and oxygen atoms in total. The molecule has 1 rings (SSSR count). The number of para-hydroxylation sites is 1. The van der Waals surface area contributed by atoms with Gasteiger partial charge in [0.25, 0.3) is 0 Å². The first-order valence-electron chi connectivity index (χ1n) is 6.74. The van der Waals surface area contributed by atoms with Crippen LogP contribution < -0.4 is 4.74 Å². The molecular formula is C16H22O3. The van der Waals surface area contributed by atoms with Crippen molar-refractivity contribution in [2.75, 3.05) is 13.2 Å². The fraction of sp³-hybridized carbons (Fsp3) is 0.438. The molecule has 0 fully saturated rings. The minimum atomic E-state index is -0.332. The number of esters is 1. The summed E-state index contributed by atoms with van der Waals surface area (Å²) in [6, 6.07) is 8.01. The van der Waals surface area contributed by atoms with E-state index >= 15 is 0 Å². The lowest BCUT2D eigenvalue weighted by Gasteiger charge is -2.14. The summed E-state index contributed by atoms with van der Waals surface area (Å²) < 4.78 is 10.5. The van der Waals surface area contributed by atoms with Crippen LogP contribution in [-0.4, -0.2) is 19.2 Å². The minimum absolute atomic E-state index is 0.332. The predicted octanol–water partition coefficient (Wildman–Crippen LogP) is 3.70. The predicted molar refractivity (Wildman–Crippen MR) is 76.4 cm³/mol. The van der Waals surface area contributed by atoms with Crippen LogP contribution in [0.5, 0.6) is 5.75 Å². The molecule has 0 aliphatic rings. The van der Waals surface area contributed by atoms with Gasteiger partial charge in [-0.3, -0.25) is 0 Å². The van der Waals surface area contributed by atoms with Gasteiger partial charge in [-0.1, -0.05) is 32.0 Å². The highest BCUT2D eigenvalue weighted by Gasteiger charge is 2.08. The molecule has 19 heavy (non-hydrogen) atoms. The van der Waals surface area contributed by atoms with Crippen LogP contribution in [-0.2, 0) is 9.53 Å². The molecule has 0 aliphatic carbocycles. The smallest absolute Gasteiger partial charge is 0.330 e. The molecule has 0 aliphatic heterocycles. The average Bonchev–Trinajstić information content (AvgIpc) is 2.43. The molecule has 0 saturated heterocycles. The molecule has 0 aromatic heterocycles. The van der Waals surface area contributed by atoms with Crippen molar-refractivity contribution in [2.24, 2.45) is 0 Å². The molecule has 0 heterocycles. The van der Waals surface area contributed by atoms with Crippen LogP contribution in [0.1, 0.15) is 38.7 Å². The Hall–Kier alpha value is -1.77. The van der Waals surface area contributed by atoms with E-state index in [2.05, 4.69) is 19.9 Å². The Kier molecular flexibility index (Phi) is 6.72. The molecule has 3 heteroatoms. The minimum Gasteiger partial charge on any atom is -0.489 e. The highest BCUT2D eigenvalue weighted by molar-refractivity contribution is 5.81. The third-order valence-corrected chi connectivity index (χ3v) is 2.94. The Balaban J connectivity index is 2.56. The zero-order chi connectivity index (χ0) is 14.1. The summed E-state index contributed by atoms with van der Waals surface area (Å²) in [6.07, 6.45) is 4.14. The van der Waals surface area contributed by atoms with Gasteiger partial charge in [0.15, 0.2) is 0 Å². The van der Waals surface area contributed by atoms with Gasteiger partial charge in [0.1, 0.15) is 12.4 Å². The van der Waals surface area contributed by atoms with Crippen molar-refractivity contribution in [3.63, 3.8) is 0 Å². The van der Waals surface area contributed by atoms with Gasteiger partial charge in [0.2, 0.25) is 0 Å². The second kappa shape index (κ2) is 8.35. The lowest BCUT2D eigenvalue weighted by atomic mass is 9.98. The van der Waals surface area contributed by atoms with Crippen LogP contribution in [0.25, 0.3) is 0 Å². The van der Waals surface area contributed by atoms with Gasteiger partial charge in [-0.05, 0) is 37.0 Å². The number of benzene rings is 1. The van der Waals surface area contributed by atoms with Crippen molar-refractivity contribution in [1.82, 2.24) is 0 Å². The van der Waals surface area contributed by atoms with E-state index < -0.39 is 0 Å². The summed E-state index contributed by atoms with van der Waals surface area (Å²) in [7, 11) is 0. The van der Waals surface area contributed by atoms with Crippen LogP contribution >= 0.6 is 0 Å². The summed E-state index contributed by atoms with van der Waals surface area (Å²) in [5, 5.41) is 0. The van der Waals surface area contributed by atoms with E-state index in [-0.39, 0.29) is 5.97 Å². The van der Waals surface area contributed by atoms with E-state index in [9.17, 15) is 4.79 Å². The summed E-state index contributed by atoms with van der Waals surface area (Å²) >= 11 is 0. The maximum absolute atomic E-state index is 11.1. The largest absolute Gasteiger partial charge is 0.489 e. The van der Waals surface area contributed by atoms with Gasteiger partial charge < -0.3 is 9.47 Å². The second-order valence-corrected chi connectivity index (χ2v) is 4.31. The lowest BCUT2D eigenvalue weighted by molar-refractivity contribution is -0.137. The second-order valence-electron chi connectivity index (χ2n) is 4.31. The topological polar surface area (TPSA) is 35.5 Å². The van der Waals surface area contributed by atoms with Crippen molar-refractivity contribution >= 4 is 5.97 Å². The number of hydrogen-bond acceptors (Lipinski definition) is 3. The summed E-state index contributed by atoms with van der Waals surface area (Å²) in [6.45, 7) is 6.87. The number of carbonyl (C=O) groups is 1. The van der Waals surface area contributed by atoms with Crippen LogP contribution in [0.3, 0.4) is 0 Å². The first-order valence-corrected chi connectivity index (χ1v) is 6.74. The van der Waals surface area contributed by atoms with Gasteiger partial charge in [-0.2, -0.15) is 0 Å². The van der Waals surface area contributed by atoms with Crippen LogP contribution in [0, 0.1) is 0 Å². The molecule has 104 valence electrons. The Morgan fingerprint density at radius 1 is 1.32 bits per heavy atom. The van der Waals surface area contributed by atoms with Gasteiger partial charge in [0, 0.05) is 6.08 Å². The number of rotatable bonds is 7. The van der Waals surface area contributed by atoms with Gasteiger partial charge in [-0.25, -0.2) is 4.79 Å². The maximum atomic E-state index is 11.1. The van der Waals surface area contributed by atoms with Crippen LogP contribution in [0.2, 0.25) is 0 Å². The van der Waals surface area contributed by atoms with Crippen LogP contribution in [0.15, 0.2) is 36.4 Å². The van der Waals surface area contributed by atoms with Crippen molar-refractivity contribution in [3.8, 4) is 5.75 Å². The first kappa shape index (κ1) is 15.3. The van der Waals surface area contributed by atoms with Gasteiger partial charge >= 0.3 is 5.97 Å². The van der Waals surface area contributed by atoms with E-state index in [1.54, 1.807) is 13.0 Å². The Morgan fingerprint density at radius 2 is 2.05 bits per heavy atom. The molecule has 1 aromatic rings. The quantitative estimate of drug-likeness (QED) is 0.555. The van der Waals surface area contributed by atoms with E-state index in [1.807, 2.05) is 18.2 Å². The lowest BCUT2D eigenvalue weighted by Crippen LogP contribution is -2.02. The molecule has 1 aromatic carbocycles. The molecular weight excluding hydrogens is 240 g/mol. The van der Waals surface area contributed by atoms with E-state index in [1.165, 1.54) is 11.6 Å². The summed E-state index contributed by atoms with van der Waals surface area (Å²) in [4.78, 5) is 11.1. The molecule has 0 amide bonds. The molecule has 1 atom stereocenters. The first-order chi connectivity index (χ1) is 9.19. The Bertz CT molecular complexity index is 424. The molecule has 0 N–H and O–H groups in total. The zero-order valence-corrected chi connectivity index (χ0v) is 11.9. The Labute approximate surface area is 115 Å². The summed E-state index contributed by atoms with van der Waals surface area (Å²) in [5.74, 6) is 1.01. The molecule has 1 unspecified atom stereocenters. The maximum Gasteiger partial charge on any atom is 0.330 e. The normalized spacial score (nSPS) is 12.4. The summed E-state index contributed by atoms with van der Waals surface area (Å²) in [5.41, 5.74) is 1.20. The third-order valence-electron chi connectivity index (χ3n) is 2.94. The third kappa shape index (κ3) is 5.16. The van der Waals surface area contributed by atoms with Crippen molar-refractivity contribution in [1.29, 1.82) is 0 Å². The molecule has 0 radical (unpaired) electrons. The standard InChI is InChI=1S/C16H22O3/c1-4-13(3)14-9-6-7-10-15(14)19-12-8-11-16(17)18-5-2/h6-11,13H,4-5,12H2,1-3H3/b11-8+. The fourth-order valence-corrected chi connectivity index (χ4v) is 1.71. The van der Waals surface area contributed by atoms with Gasteiger partial charge in [0.05, 0.1) is 6.61 Å². The van der Waals surface area contributed by atoms with Gasteiger partial charge in [-0.15, -0.1) is 0 Å². The number of hydrogen-bond donors (Lipinski definition) is 0. The highest BCUT2D eigenvalue weighted by Crippen LogP contribution is 2.28. The molecule has 0 saturated carbocycles. The molecule has 0 spiro atoms. The highest BCUT2D eigenvalue weighted by atomic mass is 16.5.